The van der Waals surface area contributed by atoms with Crippen LogP contribution in [0.4, 0.5) is 0 Å². The molecule has 0 radical (unpaired) electrons. The van der Waals surface area contributed by atoms with Gasteiger partial charge in [-0.15, -0.1) is 0 Å². The molecule has 0 saturated carbocycles. The van der Waals surface area contributed by atoms with Crippen molar-refractivity contribution in [2.24, 2.45) is 5.10 Å². The number of aromatic hydroxyl groups is 1. The molecule has 0 aliphatic carbocycles. The zero-order chi connectivity index (χ0) is 15.8. The van der Waals surface area contributed by atoms with E-state index in [1.807, 2.05) is 0 Å². The number of nitrogens with zero attached hydrogens (tertiary/aromatic N) is 2. The Labute approximate surface area is 130 Å². The lowest BCUT2D eigenvalue weighted by Crippen LogP contribution is -2.33. The van der Waals surface area contributed by atoms with E-state index in [9.17, 15) is 9.90 Å². The van der Waals surface area contributed by atoms with Crippen molar-refractivity contribution in [3.05, 3.63) is 23.8 Å². The molecule has 6 nitrogen and oxygen atoms in total. The molecule has 2 rings (SSSR count). The Bertz CT molecular complexity index is 525. The molecule has 1 aliphatic rings. The Morgan fingerprint density at radius 3 is 2.91 bits per heavy atom. The molecular formula is C16H23N3O3. The number of ether oxygens (including phenoxy) is 1. The average molecular weight is 305 g/mol. The van der Waals surface area contributed by atoms with Gasteiger partial charge in [-0.2, -0.15) is 5.10 Å². The zero-order valence-electron chi connectivity index (χ0n) is 12.9. The number of piperidine rings is 1. The summed E-state index contributed by atoms with van der Waals surface area (Å²) in [6.45, 7) is 2.96. The van der Waals surface area contributed by atoms with Gasteiger partial charge >= 0.3 is 0 Å². The summed E-state index contributed by atoms with van der Waals surface area (Å²) < 4.78 is 5.01. The van der Waals surface area contributed by atoms with Crippen LogP contribution >= 0.6 is 0 Å². The fraction of sp³-hybridized carbons (Fsp3) is 0.500. The predicted molar refractivity (Wildman–Crippen MR) is 85.3 cm³/mol. The summed E-state index contributed by atoms with van der Waals surface area (Å²) in [5.74, 6) is 0.359. The van der Waals surface area contributed by atoms with E-state index in [4.69, 9.17) is 4.74 Å². The smallest absolute Gasteiger partial charge is 0.241 e. The first-order valence-electron chi connectivity index (χ1n) is 7.60. The summed E-state index contributed by atoms with van der Waals surface area (Å²) in [7, 11) is 1.48. The van der Waals surface area contributed by atoms with Crippen LogP contribution < -0.4 is 10.2 Å². The lowest BCUT2D eigenvalue weighted by molar-refractivity contribution is -0.121. The molecule has 1 heterocycles. The van der Waals surface area contributed by atoms with Crippen molar-refractivity contribution in [1.82, 2.24) is 10.3 Å². The van der Waals surface area contributed by atoms with E-state index in [2.05, 4.69) is 15.4 Å². The van der Waals surface area contributed by atoms with Crippen LogP contribution in [0.15, 0.2) is 23.3 Å². The minimum atomic E-state index is -0.0902. The number of hydrogen-bond donors (Lipinski definition) is 2. The molecule has 2 N–H and O–H groups in total. The SMILES string of the molecule is COc1cc(/C=N\NC(=O)CCN2CCCCC2)ccc1O. The maximum atomic E-state index is 11.7. The van der Waals surface area contributed by atoms with Crippen molar-refractivity contribution in [1.29, 1.82) is 0 Å². The third-order valence-corrected chi connectivity index (χ3v) is 3.71. The van der Waals surface area contributed by atoms with Gasteiger partial charge in [-0.25, -0.2) is 5.43 Å². The van der Waals surface area contributed by atoms with E-state index in [0.29, 0.717) is 12.2 Å². The van der Waals surface area contributed by atoms with Crippen molar-refractivity contribution >= 4 is 12.1 Å². The Balaban J connectivity index is 1.75. The molecule has 1 fully saturated rings. The van der Waals surface area contributed by atoms with Crippen LogP contribution in [-0.4, -0.2) is 48.9 Å². The largest absolute Gasteiger partial charge is 0.504 e. The van der Waals surface area contributed by atoms with Gasteiger partial charge in [0.25, 0.3) is 0 Å². The zero-order valence-corrected chi connectivity index (χ0v) is 12.9. The maximum Gasteiger partial charge on any atom is 0.241 e. The van der Waals surface area contributed by atoms with Crippen LogP contribution in [0.2, 0.25) is 0 Å². The minimum Gasteiger partial charge on any atom is -0.504 e. The van der Waals surface area contributed by atoms with Gasteiger partial charge in [0.05, 0.1) is 13.3 Å². The topological polar surface area (TPSA) is 74.2 Å². The highest BCUT2D eigenvalue weighted by Crippen LogP contribution is 2.25. The first kappa shape index (κ1) is 16.3. The molecule has 22 heavy (non-hydrogen) atoms. The lowest BCUT2D eigenvalue weighted by Gasteiger charge is -2.25. The molecule has 120 valence electrons. The van der Waals surface area contributed by atoms with Crippen molar-refractivity contribution in [2.45, 2.75) is 25.7 Å². The van der Waals surface area contributed by atoms with Crippen LogP contribution in [0.5, 0.6) is 11.5 Å². The van der Waals surface area contributed by atoms with Gasteiger partial charge in [-0.05, 0) is 49.7 Å². The number of hydrogen-bond acceptors (Lipinski definition) is 5. The number of carbonyl (C=O) groups is 1. The first-order chi connectivity index (χ1) is 10.7. The normalized spacial score (nSPS) is 15.9. The van der Waals surface area contributed by atoms with Gasteiger partial charge in [-0.1, -0.05) is 6.42 Å². The van der Waals surface area contributed by atoms with Crippen LogP contribution in [0.25, 0.3) is 0 Å². The van der Waals surface area contributed by atoms with E-state index in [1.165, 1.54) is 38.7 Å². The molecule has 1 aliphatic heterocycles. The van der Waals surface area contributed by atoms with Gasteiger partial charge in [0.1, 0.15) is 0 Å². The fourth-order valence-corrected chi connectivity index (χ4v) is 2.45. The van der Waals surface area contributed by atoms with E-state index >= 15 is 0 Å². The number of rotatable bonds is 6. The summed E-state index contributed by atoms with van der Waals surface area (Å²) in [6.07, 6.45) is 5.73. The standard InChI is InChI=1S/C16H23N3O3/c1-22-15-11-13(5-6-14(15)20)12-17-18-16(21)7-10-19-8-3-2-4-9-19/h5-6,11-12,20H,2-4,7-10H2,1H3,(H,18,21)/b17-12-. The van der Waals surface area contributed by atoms with Crippen molar-refractivity contribution in [3.8, 4) is 11.5 Å². The molecule has 1 aromatic rings. The molecule has 0 bridgehead atoms. The van der Waals surface area contributed by atoms with E-state index in [1.54, 1.807) is 12.1 Å². The molecule has 0 aromatic heterocycles. The average Bonchev–Trinajstić information content (AvgIpc) is 2.55. The number of nitrogens with one attached hydrogen (secondary N) is 1. The predicted octanol–water partition coefficient (Wildman–Crippen LogP) is 1.73. The quantitative estimate of drug-likeness (QED) is 0.620. The summed E-state index contributed by atoms with van der Waals surface area (Å²) in [4.78, 5) is 14.1. The monoisotopic (exact) mass is 305 g/mol. The highest BCUT2D eigenvalue weighted by molar-refractivity contribution is 5.83. The van der Waals surface area contributed by atoms with Gasteiger partial charge in [-0.3, -0.25) is 4.79 Å². The fourth-order valence-electron chi connectivity index (χ4n) is 2.45. The van der Waals surface area contributed by atoms with Gasteiger partial charge in [0.15, 0.2) is 11.5 Å². The summed E-state index contributed by atoms with van der Waals surface area (Å²) in [5, 5.41) is 13.4. The first-order valence-corrected chi connectivity index (χ1v) is 7.60. The number of phenols is 1. The number of carbonyl (C=O) groups excluding carboxylic acids is 1. The number of hydrazone groups is 1. The number of phenolic OH excluding ortho intramolecular Hbond substituents is 1. The van der Waals surface area contributed by atoms with E-state index < -0.39 is 0 Å². The van der Waals surface area contributed by atoms with Crippen molar-refractivity contribution in [2.75, 3.05) is 26.7 Å². The van der Waals surface area contributed by atoms with Crippen LogP contribution in [-0.2, 0) is 4.79 Å². The Kier molecular flexibility index (Phi) is 6.21. The second-order valence-corrected chi connectivity index (χ2v) is 5.38. The van der Waals surface area contributed by atoms with E-state index in [0.717, 1.165) is 25.2 Å². The second-order valence-electron chi connectivity index (χ2n) is 5.38. The van der Waals surface area contributed by atoms with Crippen molar-refractivity contribution in [3.63, 3.8) is 0 Å². The molecule has 1 saturated heterocycles. The van der Waals surface area contributed by atoms with Crippen LogP contribution in [0.3, 0.4) is 0 Å². The van der Waals surface area contributed by atoms with Crippen LogP contribution in [0, 0.1) is 0 Å². The molecule has 0 spiro atoms. The van der Waals surface area contributed by atoms with Crippen LogP contribution in [0.1, 0.15) is 31.2 Å². The molecule has 1 aromatic carbocycles. The Morgan fingerprint density at radius 2 is 2.18 bits per heavy atom. The van der Waals surface area contributed by atoms with E-state index in [-0.39, 0.29) is 11.7 Å². The molecule has 1 amide bonds. The number of amides is 1. The number of benzene rings is 1. The third kappa shape index (κ3) is 5.04. The summed E-state index contributed by atoms with van der Waals surface area (Å²) >= 11 is 0. The third-order valence-electron chi connectivity index (χ3n) is 3.71. The molecule has 0 unspecified atom stereocenters. The van der Waals surface area contributed by atoms with Gasteiger partial charge in [0.2, 0.25) is 5.91 Å². The second kappa shape index (κ2) is 8.38. The Morgan fingerprint density at radius 1 is 1.41 bits per heavy atom. The summed E-state index contributed by atoms with van der Waals surface area (Å²) in [6, 6.07) is 4.87. The number of methoxy groups -OCH3 is 1. The van der Waals surface area contributed by atoms with Crippen molar-refractivity contribution < 1.29 is 14.6 Å². The minimum absolute atomic E-state index is 0.0743. The lowest BCUT2D eigenvalue weighted by atomic mass is 10.1. The molecule has 6 heteroatoms. The molecule has 0 atom stereocenters. The maximum absolute atomic E-state index is 11.7. The van der Waals surface area contributed by atoms with Gasteiger partial charge in [0, 0.05) is 13.0 Å². The highest BCUT2D eigenvalue weighted by Gasteiger charge is 2.11. The molecular weight excluding hydrogens is 282 g/mol. The number of likely N-dealkylation sites (tertiary alicyclic amines) is 1. The van der Waals surface area contributed by atoms with Gasteiger partial charge < -0.3 is 14.7 Å². The Hall–Kier alpha value is -2.08. The highest BCUT2D eigenvalue weighted by atomic mass is 16.5. The summed E-state index contributed by atoms with van der Waals surface area (Å²) in [5.41, 5.74) is 3.26.